The zero-order valence-electron chi connectivity index (χ0n) is 10.2. The third-order valence-corrected chi connectivity index (χ3v) is 4.86. The standard InChI is InChI=1S/C11H8Cl2F3N3S2/c12-7-2-1-6(8(13)3-7)4-20-10-19-18-9(21-10)17-5-11(14,15)16/h1-3H,4-5H2,(H,17,18). The van der Waals surface area contributed by atoms with Crippen LogP contribution < -0.4 is 5.32 Å². The number of rotatable bonds is 5. The van der Waals surface area contributed by atoms with Gasteiger partial charge in [0.2, 0.25) is 5.13 Å². The Morgan fingerprint density at radius 3 is 2.67 bits per heavy atom. The summed E-state index contributed by atoms with van der Waals surface area (Å²) >= 11 is 14.2. The fraction of sp³-hybridized carbons (Fsp3) is 0.273. The molecular formula is C11H8Cl2F3N3S2. The van der Waals surface area contributed by atoms with E-state index in [9.17, 15) is 13.2 Å². The molecule has 1 aromatic heterocycles. The van der Waals surface area contributed by atoms with Gasteiger partial charge < -0.3 is 5.32 Å². The molecule has 0 unspecified atom stereocenters. The van der Waals surface area contributed by atoms with Crippen LogP contribution in [0.25, 0.3) is 0 Å². The maximum Gasteiger partial charge on any atom is 0.405 e. The Morgan fingerprint density at radius 1 is 1.24 bits per heavy atom. The molecule has 0 bridgehead atoms. The Kier molecular flexibility index (Phi) is 5.59. The molecule has 10 heteroatoms. The van der Waals surface area contributed by atoms with Crippen LogP contribution in [0.3, 0.4) is 0 Å². The van der Waals surface area contributed by atoms with Crippen molar-refractivity contribution in [3.05, 3.63) is 33.8 Å². The second-order valence-corrected chi connectivity index (χ2v) is 6.91. The molecule has 0 aliphatic rings. The van der Waals surface area contributed by atoms with Crippen LogP contribution in [0, 0.1) is 0 Å². The number of thioether (sulfide) groups is 1. The van der Waals surface area contributed by atoms with Crippen LogP contribution in [0.2, 0.25) is 10.0 Å². The lowest BCUT2D eigenvalue weighted by Crippen LogP contribution is -2.21. The molecule has 1 N–H and O–H groups in total. The summed E-state index contributed by atoms with van der Waals surface area (Å²) in [6, 6.07) is 5.15. The van der Waals surface area contributed by atoms with Crippen molar-refractivity contribution in [2.24, 2.45) is 0 Å². The van der Waals surface area contributed by atoms with Crippen LogP contribution in [-0.4, -0.2) is 22.9 Å². The molecule has 0 saturated heterocycles. The number of nitrogens with zero attached hydrogens (tertiary/aromatic N) is 2. The molecule has 0 radical (unpaired) electrons. The number of aromatic nitrogens is 2. The Balaban J connectivity index is 1.90. The van der Waals surface area contributed by atoms with E-state index in [1.54, 1.807) is 18.2 Å². The van der Waals surface area contributed by atoms with E-state index in [0.29, 0.717) is 20.1 Å². The van der Waals surface area contributed by atoms with Gasteiger partial charge in [-0.3, -0.25) is 0 Å². The summed E-state index contributed by atoms with van der Waals surface area (Å²) in [6.45, 7) is -1.13. The molecule has 0 aliphatic heterocycles. The summed E-state index contributed by atoms with van der Waals surface area (Å²) < 4.78 is 36.7. The molecule has 0 aliphatic carbocycles. The summed E-state index contributed by atoms with van der Waals surface area (Å²) in [5.74, 6) is 0.532. The number of anilines is 1. The van der Waals surface area contributed by atoms with Gasteiger partial charge in [0.1, 0.15) is 6.54 Å². The van der Waals surface area contributed by atoms with E-state index in [1.807, 2.05) is 0 Å². The molecule has 3 nitrogen and oxygen atoms in total. The van der Waals surface area contributed by atoms with Crippen molar-refractivity contribution < 1.29 is 13.2 Å². The Bertz CT molecular complexity index is 619. The molecular weight excluding hydrogens is 366 g/mol. The molecule has 0 spiro atoms. The minimum atomic E-state index is -4.28. The van der Waals surface area contributed by atoms with Gasteiger partial charge in [-0.25, -0.2) is 0 Å². The monoisotopic (exact) mass is 373 g/mol. The number of hydrogen-bond donors (Lipinski definition) is 1. The molecule has 0 fully saturated rings. The molecule has 0 atom stereocenters. The zero-order valence-corrected chi connectivity index (χ0v) is 13.4. The van der Waals surface area contributed by atoms with E-state index in [-0.39, 0.29) is 5.13 Å². The third kappa shape index (κ3) is 5.54. The van der Waals surface area contributed by atoms with E-state index in [2.05, 4.69) is 15.5 Å². The smallest absolute Gasteiger partial charge is 0.351 e. The largest absolute Gasteiger partial charge is 0.405 e. The predicted octanol–water partition coefficient (Wildman–Crippen LogP) is 5.11. The summed E-state index contributed by atoms with van der Waals surface area (Å²) in [7, 11) is 0. The van der Waals surface area contributed by atoms with Crippen LogP contribution in [0.1, 0.15) is 5.56 Å². The topological polar surface area (TPSA) is 37.8 Å². The molecule has 114 valence electrons. The summed E-state index contributed by atoms with van der Waals surface area (Å²) in [5.41, 5.74) is 0.867. The van der Waals surface area contributed by atoms with Gasteiger partial charge in [-0.2, -0.15) is 13.2 Å². The normalized spacial score (nSPS) is 11.7. The molecule has 2 rings (SSSR count). The van der Waals surface area contributed by atoms with E-state index in [1.165, 1.54) is 11.8 Å². The number of nitrogens with one attached hydrogen (secondary N) is 1. The molecule has 21 heavy (non-hydrogen) atoms. The average molecular weight is 374 g/mol. The Morgan fingerprint density at radius 2 is 2.00 bits per heavy atom. The number of hydrogen-bond acceptors (Lipinski definition) is 5. The van der Waals surface area contributed by atoms with Gasteiger partial charge in [-0.05, 0) is 17.7 Å². The second kappa shape index (κ2) is 7.04. The van der Waals surface area contributed by atoms with Gasteiger partial charge >= 0.3 is 6.18 Å². The molecule has 2 aromatic rings. The second-order valence-electron chi connectivity index (χ2n) is 3.87. The average Bonchev–Trinajstić information content (AvgIpc) is 2.82. The Labute approximate surface area is 136 Å². The molecule has 0 saturated carbocycles. The zero-order chi connectivity index (χ0) is 15.5. The number of alkyl halides is 3. The van der Waals surface area contributed by atoms with Crippen LogP contribution in [0.4, 0.5) is 18.3 Å². The van der Waals surface area contributed by atoms with Crippen molar-refractivity contribution in [3.63, 3.8) is 0 Å². The van der Waals surface area contributed by atoms with Crippen molar-refractivity contribution in [1.82, 2.24) is 10.2 Å². The molecule has 0 amide bonds. The van der Waals surface area contributed by atoms with Crippen molar-refractivity contribution in [1.29, 1.82) is 0 Å². The van der Waals surface area contributed by atoms with Crippen LogP contribution >= 0.6 is 46.3 Å². The SMILES string of the molecule is FC(F)(F)CNc1nnc(SCc2ccc(Cl)cc2Cl)s1. The number of halogens is 5. The van der Waals surface area contributed by atoms with Gasteiger partial charge in [0.05, 0.1) is 0 Å². The van der Waals surface area contributed by atoms with Crippen LogP contribution in [0.15, 0.2) is 22.5 Å². The first-order chi connectivity index (χ1) is 9.83. The first-order valence-electron chi connectivity index (χ1n) is 5.54. The van der Waals surface area contributed by atoms with Crippen molar-refractivity contribution in [3.8, 4) is 0 Å². The fourth-order valence-electron chi connectivity index (χ4n) is 1.29. The maximum atomic E-state index is 12.1. The van der Waals surface area contributed by atoms with Gasteiger partial charge in [0, 0.05) is 15.8 Å². The van der Waals surface area contributed by atoms with E-state index < -0.39 is 12.7 Å². The highest BCUT2D eigenvalue weighted by Gasteiger charge is 2.27. The molecule has 1 heterocycles. The lowest BCUT2D eigenvalue weighted by molar-refractivity contribution is -0.115. The quantitative estimate of drug-likeness (QED) is 0.738. The van der Waals surface area contributed by atoms with Crippen LogP contribution in [0.5, 0.6) is 0 Å². The summed E-state index contributed by atoms with van der Waals surface area (Å²) in [4.78, 5) is 0. The fourth-order valence-corrected chi connectivity index (χ4v) is 3.60. The van der Waals surface area contributed by atoms with E-state index in [0.717, 1.165) is 16.9 Å². The lowest BCUT2D eigenvalue weighted by Gasteiger charge is -2.05. The highest BCUT2D eigenvalue weighted by molar-refractivity contribution is 8.00. The Hall–Kier alpha value is -0.700. The summed E-state index contributed by atoms with van der Waals surface area (Å²) in [6.07, 6.45) is -4.28. The van der Waals surface area contributed by atoms with Gasteiger partial charge in [0.25, 0.3) is 0 Å². The van der Waals surface area contributed by atoms with Gasteiger partial charge in [-0.1, -0.05) is 52.4 Å². The lowest BCUT2D eigenvalue weighted by atomic mass is 10.2. The van der Waals surface area contributed by atoms with Crippen LogP contribution in [-0.2, 0) is 5.75 Å². The van der Waals surface area contributed by atoms with E-state index in [4.69, 9.17) is 23.2 Å². The highest BCUT2D eigenvalue weighted by atomic mass is 35.5. The van der Waals surface area contributed by atoms with Crippen molar-refractivity contribution >= 4 is 51.4 Å². The van der Waals surface area contributed by atoms with Gasteiger partial charge in [-0.15, -0.1) is 10.2 Å². The van der Waals surface area contributed by atoms with E-state index >= 15 is 0 Å². The minimum absolute atomic E-state index is 0.136. The third-order valence-electron chi connectivity index (χ3n) is 2.21. The van der Waals surface area contributed by atoms with Crippen molar-refractivity contribution in [2.75, 3.05) is 11.9 Å². The first kappa shape index (κ1) is 16.7. The highest BCUT2D eigenvalue weighted by Crippen LogP contribution is 2.31. The summed E-state index contributed by atoms with van der Waals surface area (Å²) in [5, 5.41) is 10.9. The van der Waals surface area contributed by atoms with Gasteiger partial charge in [0.15, 0.2) is 4.34 Å². The molecule has 1 aromatic carbocycles. The maximum absolute atomic E-state index is 12.1. The number of benzene rings is 1. The van der Waals surface area contributed by atoms with Crippen molar-refractivity contribution in [2.45, 2.75) is 16.3 Å². The first-order valence-corrected chi connectivity index (χ1v) is 8.10. The predicted molar refractivity (Wildman–Crippen MR) is 80.5 cm³/mol. The minimum Gasteiger partial charge on any atom is -0.351 e.